The summed E-state index contributed by atoms with van der Waals surface area (Å²) in [5, 5.41) is 11.2. The zero-order chi connectivity index (χ0) is 15.3. The van der Waals surface area contributed by atoms with Crippen molar-refractivity contribution in [1.29, 1.82) is 0 Å². The van der Waals surface area contributed by atoms with Crippen LogP contribution in [-0.2, 0) is 4.79 Å². The number of hydrogen-bond donors (Lipinski definition) is 2. The van der Waals surface area contributed by atoms with Crippen LogP contribution >= 0.6 is 0 Å². The summed E-state index contributed by atoms with van der Waals surface area (Å²) in [5.41, 5.74) is 0.413. The molecule has 0 aliphatic heterocycles. The van der Waals surface area contributed by atoms with E-state index in [1.54, 1.807) is 39.1 Å². The average Bonchev–Trinajstić information content (AvgIpc) is 2.36. The highest BCUT2D eigenvalue weighted by Gasteiger charge is 2.21. The molecule has 5 nitrogen and oxygen atoms in total. The minimum atomic E-state index is -0.984. The maximum absolute atomic E-state index is 13.7. The number of rotatable bonds is 5. The molecular weight excluding hydrogens is 263 g/mol. The first-order valence-corrected chi connectivity index (χ1v) is 6.32. The molecule has 0 saturated heterocycles. The third-order valence-corrected chi connectivity index (χ3v) is 3.11. The zero-order valence-corrected chi connectivity index (χ0v) is 11.8. The zero-order valence-electron chi connectivity index (χ0n) is 11.8. The van der Waals surface area contributed by atoms with Crippen molar-refractivity contribution in [2.45, 2.75) is 32.4 Å². The Morgan fingerprint density at radius 2 is 1.95 bits per heavy atom. The van der Waals surface area contributed by atoms with Gasteiger partial charge in [0.1, 0.15) is 5.82 Å². The molecule has 0 aliphatic carbocycles. The summed E-state index contributed by atoms with van der Waals surface area (Å²) >= 11 is 0. The Bertz CT molecular complexity index is 493. The number of carbonyl (C=O) groups is 2. The number of amides is 2. The van der Waals surface area contributed by atoms with E-state index in [0.717, 1.165) is 0 Å². The molecule has 2 amide bonds. The second kappa shape index (κ2) is 6.88. The van der Waals surface area contributed by atoms with Gasteiger partial charge in [-0.15, -0.1) is 0 Å². The molecule has 1 aromatic rings. The fourth-order valence-electron chi connectivity index (χ4n) is 1.82. The molecule has 0 bridgehead atoms. The molecule has 0 aliphatic rings. The summed E-state index contributed by atoms with van der Waals surface area (Å²) in [4.78, 5) is 23.9. The molecule has 2 N–H and O–H groups in total. The van der Waals surface area contributed by atoms with Gasteiger partial charge in [0, 0.05) is 18.7 Å². The number of urea groups is 1. The van der Waals surface area contributed by atoms with E-state index in [9.17, 15) is 14.0 Å². The van der Waals surface area contributed by atoms with Gasteiger partial charge < -0.3 is 15.3 Å². The molecule has 0 radical (unpaired) electrons. The molecule has 110 valence electrons. The lowest BCUT2D eigenvalue weighted by atomic mass is 10.1. The third kappa shape index (κ3) is 4.22. The van der Waals surface area contributed by atoms with Crippen molar-refractivity contribution >= 4 is 12.0 Å². The molecule has 1 rings (SSSR count). The number of nitrogens with one attached hydrogen (secondary N) is 1. The van der Waals surface area contributed by atoms with Gasteiger partial charge in [0.05, 0.1) is 12.5 Å². The molecule has 2 atom stereocenters. The van der Waals surface area contributed by atoms with Crippen molar-refractivity contribution in [2.75, 3.05) is 7.05 Å². The maximum atomic E-state index is 13.7. The van der Waals surface area contributed by atoms with Crippen LogP contribution in [0.1, 0.15) is 31.9 Å². The number of carbonyl (C=O) groups excluding carboxylic acids is 1. The number of aliphatic carboxylic acids is 1. The summed E-state index contributed by atoms with van der Waals surface area (Å²) in [6, 6.07) is 4.86. The lowest BCUT2D eigenvalue weighted by Gasteiger charge is -2.27. The van der Waals surface area contributed by atoms with Crippen LogP contribution in [0.15, 0.2) is 24.3 Å². The van der Waals surface area contributed by atoms with Gasteiger partial charge >= 0.3 is 12.0 Å². The van der Waals surface area contributed by atoms with Crippen LogP contribution < -0.4 is 5.32 Å². The Hall–Kier alpha value is -2.11. The molecule has 0 fully saturated rings. The van der Waals surface area contributed by atoms with Gasteiger partial charge in [0.25, 0.3) is 0 Å². The molecule has 20 heavy (non-hydrogen) atoms. The van der Waals surface area contributed by atoms with Gasteiger partial charge in [0.2, 0.25) is 0 Å². The number of nitrogens with zero attached hydrogens (tertiary/aromatic N) is 1. The number of benzene rings is 1. The van der Waals surface area contributed by atoms with Gasteiger partial charge in [-0.25, -0.2) is 9.18 Å². The fourth-order valence-corrected chi connectivity index (χ4v) is 1.82. The van der Waals surface area contributed by atoms with Gasteiger partial charge in [-0.2, -0.15) is 0 Å². The monoisotopic (exact) mass is 282 g/mol. The summed E-state index contributed by atoms with van der Waals surface area (Å²) in [7, 11) is 1.54. The van der Waals surface area contributed by atoms with Crippen molar-refractivity contribution in [2.24, 2.45) is 0 Å². The van der Waals surface area contributed by atoms with Gasteiger partial charge in [-0.05, 0) is 19.9 Å². The number of hydrogen-bond acceptors (Lipinski definition) is 2. The molecule has 6 heteroatoms. The topological polar surface area (TPSA) is 69.6 Å². The van der Waals surface area contributed by atoms with Crippen LogP contribution in [0.3, 0.4) is 0 Å². The Labute approximate surface area is 117 Å². The van der Waals surface area contributed by atoms with Crippen LogP contribution in [0.25, 0.3) is 0 Å². The maximum Gasteiger partial charge on any atom is 0.317 e. The third-order valence-electron chi connectivity index (χ3n) is 3.11. The molecule has 0 aromatic heterocycles. The Balaban J connectivity index is 2.69. The molecule has 0 saturated carbocycles. The highest BCUT2D eigenvalue weighted by atomic mass is 19.1. The number of carboxylic acid groups (broad SMARTS) is 1. The lowest BCUT2D eigenvalue weighted by molar-refractivity contribution is -0.137. The molecule has 0 spiro atoms. The first kappa shape index (κ1) is 15.9. The number of carboxylic acids is 1. The van der Waals surface area contributed by atoms with E-state index in [-0.39, 0.29) is 12.2 Å². The van der Waals surface area contributed by atoms with Crippen molar-refractivity contribution in [3.63, 3.8) is 0 Å². The van der Waals surface area contributed by atoms with Gasteiger partial charge in [0.15, 0.2) is 0 Å². The SMILES string of the molecule is CC(CC(=O)O)NC(=O)N(C)C(C)c1ccccc1F. The Morgan fingerprint density at radius 3 is 2.50 bits per heavy atom. The van der Waals surface area contributed by atoms with E-state index in [4.69, 9.17) is 5.11 Å². The Morgan fingerprint density at radius 1 is 1.35 bits per heavy atom. The second-order valence-electron chi connectivity index (χ2n) is 4.76. The van der Waals surface area contributed by atoms with Crippen molar-refractivity contribution in [1.82, 2.24) is 10.2 Å². The van der Waals surface area contributed by atoms with E-state index in [2.05, 4.69) is 5.32 Å². The summed E-state index contributed by atoms with van der Waals surface area (Å²) in [6.07, 6.45) is -0.159. The van der Waals surface area contributed by atoms with Crippen LogP contribution in [0.5, 0.6) is 0 Å². The summed E-state index contributed by atoms with van der Waals surface area (Å²) in [5.74, 6) is -1.36. The molecule has 0 heterocycles. The van der Waals surface area contributed by atoms with Crippen LogP contribution in [0.2, 0.25) is 0 Å². The van der Waals surface area contributed by atoms with E-state index in [0.29, 0.717) is 5.56 Å². The normalized spacial score (nSPS) is 13.4. The summed E-state index contributed by atoms with van der Waals surface area (Å²) in [6.45, 7) is 3.31. The fraction of sp³-hybridized carbons (Fsp3) is 0.429. The van der Waals surface area contributed by atoms with Crippen molar-refractivity contribution in [3.05, 3.63) is 35.6 Å². The van der Waals surface area contributed by atoms with Crippen LogP contribution in [0.4, 0.5) is 9.18 Å². The highest BCUT2D eigenvalue weighted by Crippen LogP contribution is 2.21. The minimum Gasteiger partial charge on any atom is -0.481 e. The first-order chi connectivity index (χ1) is 9.32. The highest BCUT2D eigenvalue weighted by molar-refractivity contribution is 5.76. The van der Waals surface area contributed by atoms with Gasteiger partial charge in [-0.1, -0.05) is 18.2 Å². The van der Waals surface area contributed by atoms with E-state index >= 15 is 0 Å². The standard InChI is InChI=1S/C14H19FN2O3/c1-9(8-13(18)19)16-14(20)17(3)10(2)11-6-4-5-7-12(11)15/h4-7,9-10H,8H2,1-3H3,(H,16,20)(H,18,19). The largest absolute Gasteiger partial charge is 0.481 e. The first-order valence-electron chi connectivity index (χ1n) is 6.32. The van der Waals surface area contributed by atoms with Gasteiger partial charge in [-0.3, -0.25) is 4.79 Å². The molecule has 1 aromatic carbocycles. The molecular formula is C14H19FN2O3. The predicted octanol–water partition coefficient (Wildman–Crippen LogP) is 2.39. The number of halogens is 1. The quantitative estimate of drug-likeness (QED) is 0.871. The minimum absolute atomic E-state index is 0.159. The van der Waals surface area contributed by atoms with Crippen molar-refractivity contribution in [3.8, 4) is 0 Å². The lowest BCUT2D eigenvalue weighted by Crippen LogP contribution is -2.43. The van der Waals surface area contributed by atoms with Crippen LogP contribution in [-0.4, -0.2) is 35.1 Å². The predicted molar refractivity (Wildman–Crippen MR) is 72.8 cm³/mol. The average molecular weight is 282 g/mol. The smallest absolute Gasteiger partial charge is 0.317 e. The van der Waals surface area contributed by atoms with E-state index in [1.807, 2.05) is 0 Å². The van der Waals surface area contributed by atoms with E-state index in [1.165, 1.54) is 11.0 Å². The Kier molecular flexibility index (Phi) is 5.49. The van der Waals surface area contributed by atoms with Crippen molar-refractivity contribution < 1.29 is 19.1 Å². The second-order valence-corrected chi connectivity index (χ2v) is 4.76. The molecule has 2 unspecified atom stereocenters. The summed E-state index contributed by atoms with van der Waals surface area (Å²) < 4.78 is 13.7. The van der Waals surface area contributed by atoms with Crippen LogP contribution in [0, 0.1) is 5.82 Å². The van der Waals surface area contributed by atoms with E-state index < -0.39 is 24.1 Å².